The van der Waals surface area contributed by atoms with Gasteiger partial charge in [0.2, 0.25) is 5.91 Å². The van der Waals surface area contributed by atoms with Gasteiger partial charge in [-0.1, -0.05) is 54.1 Å². The minimum atomic E-state index is -0.615. The van der Waals surface area contributed by atoms with Crippen molar-refractivity contribution in [1.82, 2.24) is 9.80 Å². The number of Topliss-reactive ketones (excluding diaryl/α,β-unsaturated/α-hetero) is 1. The standard InChI is InChI=1S/C27H25ClFN3O3/c1-18(33)20-8-5-9-22(16-20)30-26(34)25(19-6-3-2-4-7-19)31-12-14-32(15-13-31)27(35)23-17-21(28)10-11-24(23)29/h2-11,16-17,25H,12-15H2,1H3,(H,30,34). The zero-order chi connectivity index (χ0) is 24.9. The van der Waals surface area contributed by atoms with Crippen molar-refractivity contribution < 1.29 is 18.8 Å². The largest absolute Gasteiger partial charge is 0.336 e. The van der Waals surface area contributed by atoms with E-state index >= 15 is 0 Å². The van der Waals surface area contributed by atoms with Crippen molar-refractivity contribution in [2.45, 2.75) is 13.0 Å². The van der Waals surface area contributed by atoms with E-state index in [0.29, 0.717) is 42.5 Å². The second-order valence-electron chi connectivity index (χ2n) is 8.39. The fraction of sp³-hybridized carbons (Fsp3) is 0.222. The van der Waals surface area contributed by atoms with Crippen molar-refractivity contribution in [2.24, 2.45) is 0 Å². The topological polar surface area (TPSA) is 69.7 Å². The van der Waals surface area contributed by atoms with Crippen LogP contribution in [0, 0.1) is 5.82 Å². The number of anilines is 1. The summed E-state index contributed by atoms with van der Waals surface area (Å²) in [5, 5.41) is 3.22. The number of carbonyl (C=O) groups is 3. The molecule has 1 atom stereocenters. The van der Waals surface area contributed by atoms with Gasteiger partial charge in [-0.3, -0.25) is 19.3 Å². The first-order chi connectivity index (χ1) is 16.8. The maximum Gasteiger partial charge on any atom is 0.256 e. The third-order valence-corrected chi connectivity index (χ3v) is 6.26. The lowest BCUT2D eigenvalue weighted by atomic mass is 10.0. The Balaban J connectivity index is 1.51. The van der Waals surface area contributed by atoms with E-state index in [4.69, 9.17) is 11.6 Å². The minimum Gasteiger partial charge on any atom is -0.336 e. The lowest BCUT2D eigenvalue weighted by molar-refractivity contribution is -0.122. The fourth-order valence-electron chi connectivity index (χ4n) is 4.20. The minimum absolute atomic E-state index is 0.0614. The number of hydrogen-bond acceptors (Lipinski definition) is 4. The van der Waals surface area contributed by atoms with Crippen LogP contribution in [0.3, 0.4) is 0 Å². The normalized spacial score (nSPS) is 14.9. The number of hydrogen-bond donors (Lipinski definition) is 1. The van der Waals surface area contributed by atoms with Crippen LogP contribution in [0.4, 0.5) is 10.1 Å². The first-order valence-electron chi connectivity index (χ1n) is 11.3. The molecule has 2 amide bonds. The van der Waals surface area contributed by atoms with Crippen LogP contribution in [0.1, 0.15) is 39.2 Å². The average molecular weight is 494 g/mol. The number of halogens is 2. The molecule has 1 aliphatic heterocycles. The molecule has 35 heavy (non-hydrogen) atoms. The van der Waals surface area contributed by atoms with Crippen molar-refractivity contribution >= 4 is 34.9 Å². The summed E-state index contributed by atoms with van der Waals surface area (Å²) < 4.78 is 14.2. The summed E-state index contributed by atoms with van der Waals surface area (Å²) in [6.45, 7) is 3.00. The van der Waals surface area contributed by atoms with E-state index in [0.717, 1.165) is 5.56 Å². The highest BCUT2D eigenvalue weighted by Gasteiger charge is 2.32. The van der Waals surface area contributed by atoms with Gasteiger partial charge in [0.1, 0.15) is 11.9 Å². The summed E-state index contributed by atoms with van der Waals surface area (Å²) in [6, 6.07) is 19.5. The molecule has 1 heterocycles. The van der Waals surface area contributed by atoms with Crippen LogP contribution < -0.4 is 5.32 Å². The highest BCUT2D eigenvalue weighted by molar-refractivity contribution is 6.31. The molecule has 0 radical (unpaired) electrons. The number of rotatable bonds is 6. The molecule has 1 unspecified atom stereocenters. The molecular weight excluding hydrogens is 469 g/mol. The fourth-order valence-corrected chi connectivity index (χ4v) is 4.38. The molecule has 8 heteroatoms. The smallest absolute Gasteiger partial charge is 0.256 e. The van der Waals surface area contributed by atoms with Gasteiger partial charge < -0.3 is 10.2 Å². The molecular formula is C27H25ClFN3O3. The summed E-state index contributed by atoms with van der Waals surface area (Å²) in [6.07, 6.45) is 0. The number of nitrogens with zero attached hydrogens (tertiary/aromatic N) is 2. The van der Waals surface area contributed by atoms with Gasteiger partial charge in [-0.15, -0.1) is 0 Å². The van der Waals surface area contributed by atoms with Crippen molar-refractivity contribution in [3.05, 3.63) is 100 Å². The van der Waals surface area contributed by atoms with Gasteiger partial charge in [0.15, 0.2) is 5.78 Å². The molecule has 180 valence electrons. The van der Waals surface area contributed by atoms with Crippen LogP contribution in [0.15, 0.2) is 72.8 Å². The van der Waals surface area contributed by atoms with E-state index in [1.165, 1.54) is 25.1 Å². The summed E-state index contributed by atoms with van der Waals surface area (Å²) in [4.78, 5) is 41.6. The Bertz CT molecular complexity index is 1240. The van der Waals surface area contributed by atoms with Gasteiger partial charge in [0.25, 0.3) is 5.91 Å². The van der Waals surface area contributed by atoms with Crippen molar-refractivity contribution in [3.63, 3.8) is 0 Å². The molecule has 0 bridgehead atoms. The van der Waals surface area contributed by atoms with E-state index in [1.807, 2.05) is 35.2 Å². The number of carbonyl (C=O) groups excluding carboxylic acids is 3. The molecule has 0 saturated carbocycles. The van der Waals surface area contributed by atoms with E-state index in [-0.39, 0.29) is 17.3 Å². The quantitative estimate of drug-likeness (QED) is 0.500. The molecule has 0 aliphatic carbocycles. The van der Waals surface area contributed by atoms with Gasteiger partial charge in [-0.25, -0.2) is 4.39 Å². The summed E-state index contributed by atoms with van der Waals surface area (Å²) in [5.74, 6) is -1.36. The van der Waals surface area contributed by atoms with E-state index in [2.05, 4.69) is 5.32 Å². The monoisotopic (exact) mass is 493 g/mol. The maximum absolute atomic E-state index is 14.2. The van der Waals surface area contributed by atoms with Crippen molar-refractivity contribution in [2.75, 3.05) is 31.5 Å². The van der Waals surface area contributed by atoms with Gasteiger partial charge in [0.05, 0.1) is 5.56 Å². The van der Waals surface area contributed by atoms with Crippen LogP contribution in [-0.2, 0) is 4.79 Å². The molecule has 1 aliphatic rings. The zero-order valence-corrected chi connectivity index (χ0v) is 20.0. The molecule has 6 nitrogen and oxygen atoms in total. The van der Waals surface area contributed by atoms with Gasteiger partial charge in [0, 0.05) is 42.5 Å². The Morgan fingerprint density at radius 2 is 1.63 bits per heavy atom. The van der Waals surface area contributed by atoms with E-state index < -0.39 is 17.8 Å². The first-order valence-corrected chi connectivity index (χ1v) is 11.7. The van der Waals surface area contributed by atoms with Crippen molar-refractivity contribution in [3.8, 4) is 0 Å². The molecule has 3 aromatic carbocycles. The van der Waals surface area contributed by atoms with Gasteiger partial charge in [-0.05, 0) is 42.8 Å². The van der Waals surface area contributed by atoms with E-state index in [9.17, 15) is 18.8 Å². The molecule has 1 saturated heterocycles. The maximum atomic E-state index is 14.2. The molecule has 1 fully saturated rings. The molecule has 0 aromatic heterocycles. The molecule has 1 N–H and O–H groups in total. The summed E-state index contributed by atoms with van der Waals surface area (Å²) in [7, 11) is 0. The van der Waals surface area contributed by atoms with Crippen LogP contribution >= 0.6 is 11.6 Å². The summed E-state index contributed by atoms with van der Waals surface area (Å²) in [5.41, 5.74) is 1.80. The van der Waals surface area contributed by atoms with Gasteiger partial charge >= 0.3 is 0 Å². The third-order valence-electron chi connectivity index (χ3n) is 6.03. The lowest BCUT2D eigenvalue weighted by Gasteiger charge is -2.38. The van der Waals surface area contributed by atoms with Crippen molar-refractivity contribution in [1.29, 1.82) is 0 Å². The first kappa shape index (κ1) is 24.6. The molecule has 0 spiro atoms. The predicted octanol–water partition coefficient (Wildman–Crippen LogP) is 4.82. The molecule has 4 rings (SSSR count). The predicted molar refractivity (Wildman–Crippen MR) is 133 cm³/mol. The Kier molecular flexibility index (Phi) is 7.58. The number of amides is 2. The molecule has 3 aromatic rings. The second-order valence-corrected chi connectivity index (χ2v) is 8.83. The number of piperazine rings is 1. The van der Waals surface area contributed by atoms with Gasteiger partial charge in [-0.2, -0.15) is 0 Å². The highest BCUT2D eigenvalue weighted by atomic mass is 35.5. The zero-order valence-electron chi connectivity index (χ0n) is 19.2. The Labute approximate surface area is 208 Å². The number of benzene rings is 3. The Hall–Kier alpha value is -3.55. The SMILES string of the molecule is CC(=O)c1cccc(NC(=O)C(c2ccccc2)N2CCN(C(=O)c3cc(Cl)ccc3F)CC2)c1. The van der Waals surface area contributed by atoms with Crippen LogP contribution in [0.2, 0.25) is 5.02 Å². The Morgan fingerprint density at radius 3 is 2.31 bits per heavy atom. The Morgan fingerprint density at radius 1 is 0.914 bits per heavy atom. The van der Waals surface area contributed by atoms with E-state index in [1.54, 1.807) is 29.2 Å². The van der Waals surface area contributed by atoms with Crippen LogP contribution in [-0.4, -0.2) is 53.6 Å². The summed E-state index contributed by atoms with van der Waals surface area (Å²) >= 11 is 5.95. The lowest BCUT2D eigenvalue weighted by Crippen LogP contribution is -2.51. The van der Waals surface area contributed by atoms with Crippen LogP contribution in [0.25, 0.3) is 0 Å². The third kappa shape index (κ3) is 5.75. The number of ketones is 1. The second kappa shape index (κ2) is 10.8. The highest BCUT2D eigenvalue weighted by Crippen LogP contribution is 2.26. The average Bonchev–Trinajstić information content (AvgIpc) is 2.86. The van der Waals surface area contributed by atoms with Crippen LogP contribution in [0.5, 0.6) is 0 Å². The number of nitrogens with one attached hydrogen (secondary N) is 1.